The molecule has 0 bridgehead atoms. The molecule has 4 rings (SSSR count). The molecule has 2 aromatic heterocycles. The van der Waals surface area contributed by atoms with E-state index in [2.05, 4.69) is 45.9 Å². The molecule has 0 aliphatic carbocycles. The van der Waals surface area contributed by atoms with E-state index in [0.29, 0.717) is 0 Å². The number of methoxy groups -OCH3 is 3. The molecule has 23 heteroatoms. The number of hydrogen-bond donors (Lipinski definition) is 4. The Hall–Kier alpha value is -3.22. The summed E-state index contributed by atoms with van der Waals surface area (Å²) < 4.78 is 88.1. The summed E-state index contributed by atoms with van der Waals surface area (Å²) in [5, 5.41) is 17.8. The molecule has 0 amide bonds. The fraction of sp³-hybridized carbons (Fsp3) is 0.231. The molecule has 1 atom stereocenters. The van der Waals surface area contributed by atoms with E-state index in [1.807, 2.05) is 0 Å². The molecule has 250 valence electrons. The van der Waals surface area contributed by atoms with Gasteiger partial charge in [0.05, 0.1) is 37.2 Å². The first kappa shape index (κ1) is 41.9. The van der Waals surface area contributed by atoms with Gasteiger partial charge in [-0.25, -0.2) is 16.8 Å². The number of aromatic nitrogens is 6. The molecule has 4 aromatic rings. The number of aliphatic hydroxyl groups excluding tert-OH is 1. The summed E-state index contributed by atoms with van der Waals surface area (Å²) in [7, 11) is -6.18. The van der Waals surface area contributed by atoms with Crippen molar-refractivity contribution < 1.29 is 104 Å². The molecular weight excluding hydrogens is 708 g/mol. The van der Waals surface area contributed by atoms with Crippen LogP contribution in [0.3, 0.4) is 0 Å². The predicted molar refractivity (Wildman–Crippen MR) is 164 cm³/mol. The number of benzene rings is 2. The van der Waals surface area contributed by atoms with Gasteiger partial charge >= 0.3 is 77.1 Å². The van der Waals surface area contributed by atoms with Gasteiger partial charge in [-0.2, -0.15) is 24.9 Å². The van der Waals surface area contributed by atoms with Crippen molar-refractivity contribution in [2.75, 3.05) is 43.8 Å². The van der Waals surface area contributed by atoms with Gasteiger partial charge in [-0.1, -0.05) is 24.3 Å². The van der Waals surface area contributed by atoms with Crippen LogP contribution in [0.25, 0.3) is 12.2 Å². The Morgan fingerprint density at radius 1 is 0.694 bits per heavy atom. The van der Waals surface area contributed by atoms with Crippen LogP contribution in [0.15, 0.2) is 46.2 Å². The van der Waals surface area contributed by atoms with Gasteiger partial charge in [0, 0.05) is 17.9 Å². The molecule has 19 nitrogen and oxygen atoms in total. The molecule has 0 fully saturated rings. The Balaban J connectivity index is 0.00000417. The second kappa shape index (κ2) is 18.1. The van der Waals surface area contributed by atoms with Crippen molar-refractivity contribution in [3.8, 4) is 18.0 Å². The first-order valence-electron chi connectivity index (χ1n) is 13.2. The number of rotatable bonds is 14. The van der Waals surface area contributed by atoms with Crippen LogP contribution in [0.4, 0.5) is 29.2 Å². The van der Waals surface area contributed by atoms with Crippen molar-refractivity contribution in [1.82, 2.24) is 29.9 Å². The van der Waals surface area contributed by atoms with E-state index >= 15 is 0 Å². The van der Waals surface area contributed by atoms with Gasteiger partial charge in [0.25, 0.3) is 0 Å². The third-order valence-corrected chi connectivity index (χ3v) is 7.62. The number of anilines is 5. The third-order valence-electron chi connectivity index (χ3n) is 5.83. The molecule has 1 unspecified atom stereocenters. The minimum Gasteiger partial charge on any atom is -0.744 e. The summed E-state index contributed by atoms with van der Waals surface area (Å²) in [6, 6.07) is 7.13. The molecule has 0 aliphatic heterocycles. The van der Waals surface area contributed by atoms with Crippen molar-refractivity contribution in [3.05, 3.63) is 47.5 Å². The van der Waals surface area contributed by atoms with Crippen LogP contribution in [0, 0.1) is 0 Å². The topological polar surface area (TPSA) is 276 Å². The Bertz CT molecular complexity index is 2000. The van der Waals surface area contributed by atoms with Crippen molar-refractivity contribution in [1.29, 1.82) is 0 Å². The minimum absolute atomic E-state index is 0. The molecule has 2 aromatic carbocycles. The molecule has 0 radical (unpaired) electrons. The quantitative estimate of drug-likeness (QED) is 0.0538. The largest absolute Gasteiger partial charge is 1.00 e. The van der Waals surface area contributed by atoms with Crippen molar-refractivity contribution in [2.45, 2.75) is 22.8 Å². The van der Waals surface area contributed by atoms with E-state index in [-0.39, 0.29) is 124 Å². The van der Waals surface area contributed by atoms with Gasteiger partial charge in [-0.05, 0) is 42.3 Å². The first-order chi connectivity index (χ1) is 22.2. The van der Waals surface area contributed by atoms with E-state index in [4.69, 9.17) is 14.2 Å². The fourth-order valence-corrected chi connectivity index (χ4v) is 5.16. The summed E-state index contributed by atoms with van der Waals surface area (Å²) in [6.07, 6.45) is 1.62. The van der Waals surface area contributed by atoms with Crippen LogP contribution < -0.4 is 89.3 Å². The van der Waals surface area contributed by atoms with Gasteiger partial charge in [-0.15, -0.1) is 4.98 Å². The number of aliphatic hydroxyl groups is 1. The third kappa shape index (κ3) is 12.0. The van der Waals surface area contributed by atoms with Crippen LogP contribution in [-0.2, 0) is 20.2 Å². The maximum atomic E-state index is 12.2. The SMILES string of the molecule is COc1nc(NCC(C)O)nc(Nc2ccc(/C=C/c3ccc(Nc4nc(OC)nc(OC)n4)cc3S(=O)(=O)[O-])c(S(=O)(=O)[O-])c2)n1.[Na+].[Na+]. The van der Waals surface area contributed by atoms with Crippen molar-refractivity contribution in [3.63, 3.8) is 0 Å². The van der Waals surface area contributed by atoms with Gasteiger partial charge in [0.1, 0.15) is 20.2 Å². The van der Waals surface area contributed by atoms with Crippen LogP contribution in [0.1, 0.15) is 18.1 Å². The second-order valence-electron chi connectivity index (χ2n) is 9.33. The normalized spacial score (nSPS) is 11.9. The fourth-order valence-electron chi connectivity index (χ4n) is 3.77. The van der Waals surface area contributed by atoms with Crippen LogP contribution >= 0.6 is 0 Å². The van der Waals surface area contributed by atoms with Crippen LogP contribution in [-0.4, -0.2) is 94.9 Å². The number of nitrogens with one attached hydrogen (secondary N) is 3. The molecule has 2 heterocycles. The summed E-state index contributed by atoms with van der Waals surface area (Å²) in [4.78, 5) is 22.6. The van der Waals surface area contributed by atoms with E-state index in [0.717, 1.165) is 24.3 Å². The molecule has 0 saturated heterocycles. The maximum Gasteiger partial charge on any atom is 1.00 e. The Morgan fingerprint density at radius 2 is 1.08 bits per heavy atom. The van der Waals surface area contributed by atoms with Gasteiger partial charge in [0.2, 0.25) is 17.8 Å². The monoisotopic (exact) mass is 735 g/mol. The smallest absolute Gasteiger partial charge is 0.744 e. The van der Waals surface area contributed by atoms with Crippen molar-refractivity contribution in [2.24, 2.45) is 0 Å². The molecule has 0 aliphatic rings. The van der Waals surface area contributed by atoms with E-state index in [1.165, 1.54) is 45.6 Å². The Kier molecular flexibility index (Phi) is 15.5. The average Bonchev–Trinajstić information content (AvgIpc) is 3.02. The molecule has 49 heavy (non-hydrogen) atoms. The molecule has 0 saturated carbocycles. The van der Waals surface area contributed by atoms with Gasteiger partial charge in [0.15, 0.2) is 0 Å². The molecular formula is C26H27N9Na2O10S2. The standard InChI is InChI=1S/C26H29N9O10S2.2Na/c1-14(36)13-27-21-30-22(32-24(31-21)43-2)28-17-9-7-15(19(11-17)46(37,38)39)5-6-16-8-10-18(12-20(16)47(40,41)42)29-23-33-25(44-3)35-26(34-23)45-4;;/h5-12,14,36H,13H2,1-4H3,(H,37,38,39)(H,40,41,42)(H,29,33,34,35)(H2,27,28,30,31,32);;/q;2*+1/p-2/b6-5+;;. The van der Waals surface area contributed by atoms with Gasteiger partial charge < -0.3 is 44.4 Å². The summed E-state index contributed by atoms with van der Waals surface area (Å²) in [6.45, 7) is 1.66. The van der Waals surface area contributed by atoms with E-state index in [9.17, 15) is 31.0 Å². The van der Waals surface area contributed by atoms with Crippen molar-refractivity contribution >= 4 is 61.6 Å². The summed E-state index contributed by atoms with van der Waals surface area (Å²) in [5.74, 6) is -0.0989. The van der Waals surface area contributed by atoms with E-state index < -0.39 is 36.1 Å². The number of ether oxygens (including phenoxy) is 3. The Labute approximate surface area is 325 Å². The van der Waals surface area contributed by atoms with Crippen LogP contribution in [0.2, 0.25) is 0 Å². The van der Waals surface area contributed by atoms with E-state index in [1.54, 1.807) is 6.92 Å². The number of nitrogens with zero attached hydrogens (tertiary/aromatic N) is 6. The molecule has 4 N–H and O–H groups in total. The first-order valence-corrected chi connectivity index (χ1v) is 16.0. The predicted octanol–water partition coefficient (Wildman–Crippen LogP) is -4.65. The number of hydrogen-bond acceptors (Lipinski definition) is 19. The zero-order chi connectivity index (χ0) is 34.4. The summed E-state index contributed by atoms with van der Waals surface area (Å²) in [5.41, 5.74) is -0.0262. The zero-order valence-electron chi connectivity index (χ0n) is 27.0. The van der Waals surface area contributed by atoms with Gasteiger partial charge in [-0.3, -0.25) is 0 Å². The average molecular weight is 736 g/mol. The van der Waals surface area contributed by atoms with Crippen LogP contribution in [0.5, 0.6) is 18.0 Å². The molecule has 0 spiro atoms. The Morgan fingerprint density at radius 3 is 1.47 bits per heavy atom. The maximum absolute atomic E-state index is 12.2. The second-order valence-corrected chi connectivity index (χ2v) is 12.0. The minimum atomic E-state index is -5.07. The summed E-state index contributed by atoms with van der Waals surface area (Å²) >= 11 is 0. The zero-order valence-corrected chi connectivity index (χ0v) is 32.7.